The number of aromatic nitrogens is 1. The highest BCUT2D eigenvalue weighted by atomic mass is 32.2. The summed E-state index contributed by atoms with van der Waals surface area (Å²) in [6.07, 6.45) is 2.29. The lowest BCUT2D eigenvalue weighted by Gasteiger charge is -2.20. The summed E-state index contributed by atoms with van der Waals surface area (Å²) in [4.78, 5) is 77.2. The van der Waals surface area contributed by atoms with Crippen LogP contribution in [0.2, 0.25) is 0 Å². The van der Waals surface area contributed by atoms with Crippen LogP contribution in [0.3, 0.4) is 0 Å². The maximum absolute atomic E-state index is 13.3. The van der Waals surface area contributed by atoms with Crippen LogP contribution in [0, 0.1) is 5.92 Å². The number of aliphatic carboxylic acids is 1. The van der Waals surface area contributed by atoms with Crippen molar-refractivity contribution in [1.82, 2.24) is 14.8 Å². The second kappa shape index (κ2) is 14.0. The molecule has 1 aromatic heterocycles. The van der Waals surface area contributed by atoms with E-state index in [9.17, 15) is 33.9 Å². The van der Waals surface area contributed by atoms with E-state index in [0.29, 0.717) is 34.0 Å². The fourth-order valence-electron chi connectivity index (χ4n) is 5.39. The molecule has 2 aromatic carbocycles. The van der Waals surface area contributed by atoms with Gasteiger partial charge in [0.1, 0.15) is 6.04 Å². The number of rotatable bonds is 13. The van der Waals surface area contributed by atoms with Gasteiger partial charge < -0.3 is 16.2 Å². The standard InChI is InChI=1S/C32H36N4O7S/c1-18(2)15-24(33)31(41)36-17-20(21-9-6-7-12-26(21)36)16-25(32(42)43)34-28(38)27(44-19(3)37)13-8-14-35-29(39)22-10-4-5-11-23(22)30(35)40/h4-7,9-12,17-18,24-25,27H,8,13-16,33H2,1-3H3,(H,34,38)(H,42,43)/t24-,25-,27?/m0/s1. The predicted molar refractivity (Wildman–Crippen MR) is 166 cm³/mol. The Bertz CT molecular complexity index is 1580. The molecule has 3 aromatic rings. The van der Waals surface area contributed by atoms with Crippen LogP contribution in [0.4, 0.5) is 0 Å². The highest BCUT2D eigenvalue weighted by molar-refractivity contribution is 8.14. The number of imide groups is 1. The zero-order valence-corrected chi connectivity index (χ0v) is 25.6. The molecular weight excluding hydrogens is 584 g/mol. The Morgan fingerprint density at radius 1 is 0.977 bits per heavy atom. The topological polar surface area (TPSA) is 169 Å². The molecule has 3 amide bonds. The smallest absolute Gasteiger partial charge is 0.326 e. The largest absolute Gasteiger partial charge is 0.480 e. The third kappa shape index (κ3) is 7.25. The molecule has 4 N–H and O–H groups in total. The lowest BCUT2D eigenvalue weighted by Crippen LogP contribution is -2.46. The summed E-state index contributed by atoms with van der Waals surface area (Å²) in [5, 5.41) is 12.0. The number of nitrogens with two attached hydrogens (primary N) is 1. The van der Waals surface area contributed by atoms with Gasteiger partial charge in [0.2, 0.25) is 11.8 Å². The third-order valence-electron chi connectivity index (χ3n) is 7.44. The van der Waals surface area contributed by atoms with Gasteiger partial charge in [0.25, 0.3) is 11.8 Å². The lowest BCUT2D eigenvalue weighted by molar-refractivity contribution is -0.141. The van der Waals surface area contributed by atoms with Crippen LogP contribution in [0.1, 0.15) is 71.1 Å². The minimum Gasteiger partial charge on any atom is -0.480 e. The molecule has 0 saturated heterocycles. The van der Waals surface area contributed by atoms with Crippen LogP contribution in [0.5, 0.6) is 0 Å². The van der Waals surface area contributed by atoms with E-state index in [0.717, 1.165) is 16.7 Å². The van der Waals surface area contributed by atoms with Crippen LogP contribution >= 0.6 is 11.8 Å². The van der Waals surface area contributed by atoms with Crippen LogP contribution in [0.25, 0.3) is 10.9 Å². The van der Waals surface area contributed by atoms with E-state index < -0.39 is 41.0 Å². The van der Waals surface area contributed by atoms with Crippen molar-refractivity contribution in [2.75, 3.05) is 6.54 Å². The Morgan fingerprint density at radius 2 is 1.59 bits per heavy atom. The SMILES string of the molecule is CC(=O)SC(CCCN1C(=O)c2ccccc2C1=O)C(=O)N[C@@H](Cc1cn(C(=O)[C@@H](N)CC(C)C)c2ccccc12)C(=O)O. The number of carboxylic acids is 1. The molecule has 1 unspecified atom stereocenters. The summed E-state index contributed by atoms with van der Waals surface area (Å²) in [5.74, 6) is -2.88. The second-order valence-corrected chi connectivity index (χ2v) is 12.6. The second-order valence-electron chi connectivity index (χ2n) is 11.3. The number of para-hydroxylation sites is 1. The Kier molecular flexibility index (Phi) is 10.4. The molecule has 0 spiro atoms. The molecule has 0 radical (unpaired) electrons. The average molecular weight is 621 g/mol. The van der Waals surface area contributed by atoms with Gasteiger partial charge in [-0.05, 0) is 48.9 Å². The molecule has 232 valence electrons. The number of amides is 3. The van der Waals surface area contributed by atoms with Crippen LogP contribution < -0.4 is 11.1 Å². The Hall–Kier alpha value is -4.29. The molecule has 4 rings (SSSR count). The van der Waals surface area contributed by atoms with E-state index in [2.05, 4.69) is 5.32 Å². The fraction of sp³-hybridized carbons (Fsp3) is 0.375. The summed E-state index contributed by atoms with van der Waals surface area (Å²) in [6, 6.07) is 11.5. The number of fused-ring (bicyclic) bond motifs is 2. The summed E-state index contributed by atoms with van der Waals surface area (Å²) >= 11 is 0.763. The van der Waals surface area contributed by atoms with E-state index in [1.165, 1.54) is 11.5 Å². The number of carbonyl (C=O) groups excluding carboxylic acids is 5. The van der Waals surface area contributed by atoms with Gasteiger partial charge in [-0.15, -0.1) is 0 Å². The van der Waals surface area contributed by atoms with E-state index in [1.807, 2.05) is 13.8 Å². The van der Waals surface area contributed by atoms with Crippen LogP contribution in [-0.4, -0.2) is 73.2 Å². The van der Waals surface area contributed by atoms with Gasteiger partial charge in [0.05, 0.1) is 27.9 Å². The van der Waals surface area contributed by atoms with Crippen molar-refractivity contribution in [2.45, 2.75) is 63.8 Å². The molecule has 3 atom stereocenters. The van der Waals surface area contributed by atoms with Gasteiger partial charge >= 0.3 is 5.97 Å². The predicted octanol–water partition coefficient (Wildman–Crippen LogP) is 3.49. The monoisotopic (exact) mass is 620 g/mol. The van der Waals surface area contributed by atoms with Gasteiger partial charge in [-0.3, -0.25) is 33.4 Å². The van der Waals surface area contributed by atoms with Crippen LogP contribution in [-0.2, 0) is 20.8 Å². The van der Waals surface area contributed by atoms with Gasteiger partial charge in [-0.1, -0.05) is 55.9 Å². The molecule has 0 saturated carbocycles. The number of hydrogen-bond acceptors (Lipinski definition) is 8. The van der Waals surface area contributed by atoms with Crippen molar-refractivity contribution < 1.29 is 33.9 Å². The summed E-state index contributed by atoms with van der Waals surface area (Å²) < 4.78 is 1.44. The minimum absolute atomic E-state index is 0.0451. The van der Waals surface area contributed by atoms with Gasteiger partial charge in [0.15, 0.2) is 5.12 Å². The summed E-state index contributed by atoms with van der Waals surface area (Å²) in [5.41, 5.74) is 7.93. The van der Waals surface area contributed by atoms with Crippen molar-refractivity contribution in [3.05, 3.63) is 71.4 Å². The highest BCUT2D eigenvalue weighted by Crippen LogP contribution is 2.26. The summed E-state index contributed by atoms with van der Waals surface area (Å²) in [7, 11) is 0. The number of nitrogens with zero attached hydrogens (tertiary/aromatic N) is 2. The lowest BCUT2D eigenvalue weighted by atomic mass is 10.0. The first-order valence-corrected chi connectivity index (χ1v) is 15.3. The van der Waals surface area contributed by atoms with Crippen molar-refractivity contribution in [2.24, 2.45) is 11.7 Å². The molecule has 1 aliphatic heterocycles. The van der Waals surface area contributed by atoms with E-state index in [1.54, 1.807) is 54.7 Å². The molecule has 0 aliphatic carbocycles. The molecule has 44 heavy (non-hydrogen) atoms. The van der Waals surface area contributed by atoms with Crippen molar-refractivity contribution in [3.8, 4) is 0 Å². The normalized spacial score (nSPS) is 14.9. The molecule has 2 heterocycles. The molecule has 1 aliphatic rings. The first-order chi connectivity index (χ1) is 20.9. The van der Waals surface area contributed by atoms with E-state index in [-0.39, 0.29) is 42.7 Å². The van der Waals surface area contributed by atoms with Gasteiger partial charge in [-0.25, -0.2) is 4.79 Å². The zero-order valence-electron chi connectivity index (χ0n) is 24.8. The molecule has 11 nitrogen and oxygen atoms in total. The fourth-order valence-corrected chi connectivity index (χ4v) is 6.25. The Balaban J connectivity index is 1.47. The maximum Gasteiger partial charge on any atom is 0.326 e. The average Bonchev–Trinajstić information content (AvgIpc) is 3.45. The Morgan fingerprint density at radius 3 is 2.18 bits per heavy atom. The number of hydrogen-bond donors (Lipinski definition) is 3. The van der Waals surface area contributed by atoms with Crippen molar-refractivity contribution in [3.63, 3.8) is 0 Å². The van der Waals surface area contributed by atoms with Crippen molar-refractivity contribution >= 4 is 57.4 Å². The molecule has 12 heteroatoms. The zero-order chi connectivity index (χ0) is 32.1. The molecule has 0 fully saturated rings. The first kappa shape index (κ1) is 32.6. The quantitative estimate of drug-likeness (QED) is 0.242. The molecule has 0 bridgehead atoms. The van der Waals surface area contributed by atoms with Gasteiger partial charge in [-0.2, -0.15) is 0 Å². The number of carboxylic acid groups (broad SMARTS) is 1. The number of nitrogens with one attached hydrogen (secondary N) is 1. The van der Waals surface area contributed by atoms with Gasteiger partial charge in [0, 0.05) is 31.5 Å². The number of carbonyl (C=O) groups is 6. The first-order valence-electron chi connectivity index (χ1n) is 14.4. The third-order valence-corrected chi connectivity index (χ3v) is 8.51. The minimum atomic E-state index is -1.35. The summed E-state index contributed by atoms with van der Waals surface area (Å²) in [6.45, 7) is 5.28. The Labute approximate surface area is 259 Å². The number of thioether (sulfide) groups is 1. The van der Waals surface area contributed by atoms with E-state index >= 15 is 0 Å². The van der Waals surface area contributed by atoms with Crippen LogP contribution in [0.15, 0.2) is 54.7 Å². The van der Waals surface area contributed by atoms with Crippen molar-refractivity contribution in [1.29, 1.82) is 0 Å². The number of benzene rings is 2. The maximum atomic E-state index is 13.3. The molecular formula is C32H36N4O7S. The highest BCUT2D eigenvalue weighted by Gasteiger charge is 2.35. The van der Waals surface area contributed by atoms with E-state index in [4.69, 9.17) is 5.73 Å².